The van der Waals surface area contributed by atoms with E-state index in [-0.39, 0.29) is 17.0 Å². The molecule has 4 heterocycles. The number of rotatable bonds is 3. The molecule has 1 aliphatic rings. The number of imidazole rings is 1. The number of benzene rings is 1. The number of anilines is 1. The maximum Gasteiger partial charge on any atom is 0.301 e. The van der Waals surface area contributed by atoms with Crippen molar-refractivity contribution in [2.24, 2.45) is 0 Å². The number of nitrogens with zero attached hydrogens (tertiary/aromatic N) is 4. The third-order valence-electron chi connectivity index (χ3n) is 5.56. The van der Waals surface area contributed by atoms with Crippen LogP contribution >= 0.6 is 22.9 Å². The number of carbonyl (C=O) groups is 2. The zero-order chi connectivity index (χ0) is 22.6. The van der Waals surface area contributed by atoms with Crippen LogP contribution in [0.25, 0.3) is 11.4 Å². The summed E-state index contributed by atoms with van der Waals surface area (Å²) >= 11 is 7.29. The Balaban J connectivity index is 1.77. The van der Waals surface area contributed by atoms with Crippen LogP contribution in [0, 0.1) is 13.8 Å². The van der Waals surface area contributed by atoms with Gasteiger partial charge in [0.15, 0.2) is 10.9 Å². The van der Waals surface area contributed by atoms with E-state index in [0.717, 1.165) is 5.56 Å². The minimum absolute atomic E-state index is 0.0309. The fraction of sp³-hybridized carbons (Fsp3) is 0.130. The van der Waals surface area contributed by atoms with Gasteiger partial charge in [-0.2, -0.15) is 0 Å². The lowest BCUT2D eigenvalue weighted by atomic mass is 9.96. The van der Waals surface area contributed by atoms with Gasteiger partial charge in [0.1, 0.15) is 11.3 Å². The molecule has 0 bridgehead atoms. The van der Waals surface area contributed by atoms with Crippen LogP contribution in [0.1, 0.15) is 28.6 Å². The van der Waals surface area contributed by atoms with Crippen LogP contribution in [0.3, 0.4) is 0 Å². The molecule has 1 saturated heterocycles. The molecular formula is C23H17ClN4O3S. The Morgan fingerprint density at radius 2 is 1.91 bits per heavy atom. The second kappa shape index (κ2) is 7.58. The number of pyridine rings is 1. The van der Waals surface area contributed by atoms with Gasteiger partial charge in [-0.1, -0.05) is 29.8 Å². The zero-order valence-corrected chi connectivity index (χ0v) is 18.7. The number of halogens is 1. The van der Waals surface area contributed by atoms with Gasteiger partial charge in [0.05, 0.1) is 17.3 Å². The summed E-state index contributed by atoms with van der Waals surface area (Å²) in [5.41, 5.74) is 3.11. The molecule has 1 N–H and O–H groups in total. The van der Waals surface area contributed by atoms with Crippen LogP contribution in [-0.4, -0.2) is 31.2 Å². The summed E-state index contributed by atoms with van der Waals surface area (Å²) in [6, 6.07) is 9.76. The van der Waals surface area contributed by atoms with E-state index in [9.17, 15) is 14.7 Å². The van der Waals surface area contributed by atoms with Crippen LogP contribution in [0.4, 0.5) is 5.13 Å². The number of aliphatic hydroxyl groups excluding tert-OH is 1. The number of hydrogen-bond acceptors (Lipinski definition) is 6. The molecular weight excluding hydrogens is 448 g/mol. The van der Waals surface area contributed by atoms with Crippen molar-refractivity contribution in [1.82, 2.24) is 14.4 Å². The van der Waals surface area contributed by atoms with Gasteiger partial charge >= 0.3 is 5.91 Å². The summed E-state index contributed by atoms with van der Waals surface area (Å²) < 4.78 is 1.85. The first-order chi connectivity index (χ1) is 15.4. The predicted molar refractivity (Wildman–Crippen MR) is 123 cm³/mol. The highest BCUT2D eigenvalue weighted by Gasteiger charge is 2.48. The lowest BCUT2D eigenvalue weighted by Crippen LogP contribution is -2.29. The molecule has 5 rings (SSSR count). The first-order valence-electron chi connectivity index (χ1n) is 9.79. The normalized spacial score (nSPS) is 18.1. The molecule has 32 heavy (non-hydrogen) atoms. The minimum atomic E-state index is -0.858. The summed E-state index contributed by atoms with van der Waals surface area (Å²) in [5, 5.41) is 14.0. The second-order valence-corrected chi connectivity index (χ2v) is 8.78. The van der Waals surface area contributed by atoms with Gasteiger partial charge < -0.3 is 9.51 Å². The zero-order valence-electron chi connectivity index (χ0n) is 17.1. The Kier molecular flexibility index (Phi) is 4.83. The van der Waals surface area contributed by atoms with E-state index in [1.54, 1.807) is 35.8 Å². The summed E-state index contributed by atoms with van der Waals surface area (Å²) in [5.74, 6) is -1.85. The van der Waals surface area contributed by atoms with Crippen LogP contribution in [0.15, 0.2) is 59.7 Å². The van der Waals surface area contributed by atoms with E-state index in [1.807, 2.05) is 36.6 Å². The highest BCUT2D eigenvalue weighted by Crippen LogP contribution is 2.43. The highest BCUT2D eigenvalue weighted by atomic mass is 35.5. The molecule has 0 radical (unpaired) electrons. The Hall–Kier alpha value is -3.49. The number of ketones is 1. The molecule has 0 saturated carbocycles. The first kappa shape index (κ1) is 20.4. The quantitative estimate of drug-likeness (QED) is 0.270. The largest absolute Gasteiger partial charge is 0.505 e. The Bertz CT molecular complexity index is 1410. The van der Waals surface area contributed by atoms with E-state index in [4.69, 9.17) is 11.6 Å². The van der Waals surface area contributed by atoms with Crippen molar-refractivity contribution >= 4 is 51.2 Å². The van der Waals surface area contributed by atoms with Crippen molar-refractivity contribution < 1.29 is 14.7 Å². The Labute approximate surface area is 192 Å². The third kappa shape index (κ3) is 3.03. The van der Waals surface area contributed by atoms with E-state index in [2.05, 4.69) is 9.97 Å². The molecule has 1 aromatic carbocycles. The van der Waals surface area contributed by atoms with Gasteiger partial charge in [0.2, 0.25) is 0 Å². The maximum absolute atomic E-state index is 13.2. The lowest BCUT2D eigenvalue weighted by Gasteiger charge is -2.22. The molecule has 1 atom stereocenters. The number of hydrogen-bond donors (Lipinski definition) is 1. The number of aliphatic hydroxyl groups is 1. The number of aryl methyl sites for hydroxylation is 2. The van der Waals surface area contributed by atoms with Gasteiger partial charge in [-0.3, -0.25) is 14.5 Å². The third-order valence-corrected chi connectivity index (χ3v) is 6.59. The summed E-state index contributed by atoms with van der Waals surface area (Å²) in [6.45, 7) is 3.73. The molecule has 4 aromatic rings. The summed E-state index contributed by atoms with van der Waals surface area (Å²) in [4.78, 5) is 36.4. The van der Waals surface area contributed by atoms with Crippen molar-refractivity contribution in [3.8, 4) is 0 Å². The van der Waals surface area contributed by atoms with Crippen molar-refractivity contribution in [3.05, 3.63) is 87.3 Å². The maximum atomic E-state index is 13.2. The van der Waals surface area contributed by atoms with Gasteiger partial charge in [-0.25, -0.2) is 9.97 Å². The molecule has 0 aliphatic carbocycles. The minimum Gasteiger partial charge on any atom is -0.505 e. The predicted octanol–water partition coefficient (Wildman–Crippen LogP) is 4.69. The first-order valence-corrected chi connectivity index (χ1v) is 11.0. The molecule has 3 aromatic heterocycles. The van der Waals surface area contributed by atoms with Gasteiger partial charge in [0.25, 0.3) is 5.78 Å². The molecule has 7 nitrogen and oxygen atoms in total. The van der Waals surface area contributed by atoms with Crippen molar-refractivity contribution in [1.29, 1.82) is 0 Å². The number of carbonyl (C=O) groups excluding carboxylic acids is 2. The molecule has 1 amide bonds. The second-order valence-electron chi connectivity index (χ2n) is 7.47. The number of fused-ring (bicyclic) bond motifs is 1. The van der Waals surface area contributed by atoms with Gasteiger partial charge in [-0.15, -0.1) is 11.3 Å². The van der Waals surface area contributed by atoms with E-state index < -0.39 is 17.7 Å². The molecule has 1 aliphatic heterocycles. The summed E-state index contributed by atoms with van der Waals surface area (Å²) in [7, 11) is 0. The van der Waals surface area contributed by atoms with Crippen molar-refractivity contribution in [2.45, 2.75) is 19.9 Å². The van der Waals surface area contributed by atoms with E-state index in [0.29, 0.717) is 27.1 Å². The Morgan fingerprint density at radius 1 is 1.16 bits per heavy atom. The van der Waals surface area contributed by atoms with Crippen LogP contribution in [0.2, 0.25) is 5.02 Å². The van der Waals surface area contributed by atoms with Crippen molar-refractivity contribution in [3.63, 3.8) is 0 Å². The average molecular weight is 465 g/mol. The van der Waals surface area contributed by atoms with Crippen LogP contribution in [-0.2, 0) is 9.59 Å². The van der Waals surface area contributed by atoms with E-state index >= 15 is 0 Å². The van der Waals surface area contributed by atoms with Crippen molar-refractivity contribution in [2.75, 3.05) is 4.90 Å². The molecule has 1 unspecified atom stereocenters. The fourth-order valence-electron chi connectivity index (χ4n) is 4.00. The molecule has 160 valence electrons. The van der Waals surface area contributed by atoms with E-state index in [1.165, 1.54) is 16.2 Å². The van der Waals surface area contributed by atoms with Gasteiger partial charge in [-0.05, 0) is 43.2 Å². The van der Waals surface area contributed by atoms with Gasteiger partial charge in [0, 0.05) is 22.8 Å². The number of aromatic nitrogens is 3. The Morgan fingerprint density at radius 3 is 2.56 bits per heavy atom. The smallest absolute Gasteiger partial charge is 0.301 e. The average Bonchev–Trinajstić information content (AvgIpc) is 3.48. The lowest BCUT2D eigenvalue weighted by molar-refractivity contribution is -0.132. The van der Waals surface area contributed by atoms with Crippen LogP contribution < -0.4 is 4.90 Å². The molecule has 1 fully saturated rings. The molecule has 0 spiro atoms. The number of amides is 1. The number of thiazole rings is 1. The SMILES string of the molecule is Cc1cccn2c(C)c(/C(O)=C3\C(=O)C(=O)N(c4nccs4)C3c3ccc(Cl)cc3)nc12. The molecule has 9 heteroatoms. The standard InChI is InChI=1S/C23H17ClN4O3S/c1-12-4-3-10-27-13(2)17(26-21(12)27)19(29)16-18(14-5-7-15(24)8-6-14)28(22(31)20(16)30)23-25-9-11-32-23/h3-11,18,29H,1-2H3/b19-16+. The van der Waals surface area contributed by atoms with Crippen LogP contribution in [0.5, 0.6) is 0 Å². The highest BCUT2D eigenvalue weighted by molar-refractivity contribution is 7.14. The summed E-state index contributed by atoms with van der Waals surface area (Å²) in [6.07, 6.45) is 3.40. The topological polar surface area (TPSA) is 87.8 Å². The fourth-order valence-corrected chi connectivity index (χ4v) is 4.79. The monoisotopic (exact) mass is 464 g/mol. The number of Topliss-reactive ketones (excluding diaryl/α,β-unsaturated/α-hetero) is 1.